The summed E-state index contributed by atoms with van der Waals surface area (Å²) in [7, 11) is 1.63. The Morgan fingerprint density at radius 1 is 1.78 bits per heavy atom. The average Bonchev–Trinajstić information content (AvgIpc) is 1.88. The van der Waals surface area contributed by atoms with Crippen LogP contribution in [0.5, 0.6) is 0 Å². The van der Waals surface area contributed by atoms with Gasteiger partial charge in [-0.25, -0.2) is 4.99 Å². The van der Waals surface area contributed by atoms with Gasteiger partial charge in [-0.2, -0.15) is 0 Å². The van der Waals surface area contributed by atoms with Crippen LogP contribution < -0.4 is 0 Å². The predicted molar refractivity (Wildman–Crippen MR) is 37.0 cm³/mol. The van der Waals surface area contributed by atoms with Crippen LogP contribution in [0.2, 0.25) is 0 Å². The van der Waals surface area contributed by atoms with Gasteiger partial charge in [0.25, 0.3) is 0 Å². The van der Waals surface area contributed by atoms with E-state index in [1.807, 2.05) is 6.92 Å². The smallest absolute Gasteiger partial charge is 0.191 e. The maximum atomic E-state index is 4.92. The van der Waals surface area contributed by atoms with Crippen LogP contribution in [-0.2, 0) is 4.74 Å². The third kappa shape index (κ3) is 1.52. The number of hydrogen-bond donors (Lipinski definition) is 0. The van der Waals surface area contributed by atoms with Crippen LogP contribution in [0.15, 0.2) is 9.98 Å². The summed E-state index contributed by atoms with van der Waals surface area (Å²) in [5.41, 5.74) is 0. The molecule has 0 saturated heterocycles. The van der Waals surface area contributed by atoms with Gasteiger partial charge in [0.1, 0.15) is 6.34 Å². The van der Waals surface area contributed by atoms with E-state index in [2.05, 4.69) is 9.98 Å². The minimum Gasteiger partial charge on any atom is -0.484 e. The fraction of sp³-hybridized carbons (Fsp3) is 0.667. The third-order valence-corrected chi connectivity index (χ3v) is 1.23. The molecule has 0 radical (unpaired) electrons. The second kappa shape index (κ2) is 2.62. The van der Waals surface area contributed by atoms with Crippen LogP contribution in [0.3, 0.4) is 0 Å². The van der Waals surface area contributed by atoms with E-state index in [9.17, 15) is 0 Å². The first-order chi connectivity index (χ1) is 4.33. The van der Waals surface area contributed by atoms with Crippen molar-refractivity contribution in [2.45, 2.75) is 19.4 Å². The molecule has 0 N–H and O–H groups in total. The Kier molecular flexibility index (Phi) is 1.82. The quantitative estimate of drug-likeness (QED) is 0.473. The van der Waals surface area contributed by atoms with Crippen LogP contribution in [0.1, 0.15) is 13.3 Å². The zero-order chi connectivity index (χ0) is 6.69. The van der Waals surface area contributed by atoms with Gasteiger partial charge in [0.2, 0.25) is 0 Å². The lowest BCUT2D eigenvalue weighted by Crippen LogP contribution is -2.14. The van der Waals surface area contributed by atoms with Gasteiger partial charge in [0.05, 0.1) is 13.2 Å². The van der Waals surface area contributed by atoms with Gasteiger partial charge in [0, 0.05) is 6.42 Å². The summed E-state index contributed by atoms with van der Waals surface area (Å²) in [5.74, 6) is 0.775. The summed E-state index contributed by atoms with van der Waals surface area (Å²) < 4.78 is 4.92. The highest BCUT2D eigenvalue weighted by atomic mass is 16.5. The molecular formula is C6H10N2O. The third-order valence-electron chi connectivity index (χ3n) is 1.23. The molecule has 9 heavy (non-hydrogen) atoms. The normalized spacial score (nSPS) is 25.6. The molecule has 0 bridgehead atoms. The van der Waals surface area contributed by atoms with Gasteiger partial charge in [-0.3, -0.25) is 4.99 Å². The maximum absolute atomic E-state index is 4.92. The van der Waals surface area contributed by atoms with E-state index >= 15 is 0 Å². The molecule has 1 atom stereocenters. The molecule has 0 amide bonds. The number of aliphatic imine (C=N–C) groups is 2. The Bertz CT molecular complexity index is 151. The molecule has 0 aromatic heterocycles. The standard InChI is InChI=1S/C6H10N2O/c1-5-3-6(9-2)8-4-7-5/h4-5H,3H2,1-2H3/t5-/m0/s1. The van der Waals surface area contributed by atoms with E-state index < -0.39 is 0 Å². The van der Waals surface area contributed by atoms with Crippen molar-refractivity contribution in [3.8, 4) is 0 Å². The summed E-state index contributed by atoms with van der Waals surface area (Å²) >= 11 is 0. The molecule has 0 unspecified atom stereocenters. The van der Waals surface area contributed by atoms with Gasteiger partial charge >= 0.3 is 0 Å². The zero-order valence-corrected chi connectivity index (χ0v) is 5.66. The number of hydrogen-bond acceptors (Lipinski definition) is 3. The van der Waals surface area contributed by atoms with E-state index in [4.69, 9.17) is 4.74 Å². The molecule has 3 heteroatoms. The Balaban J connectivity index is 2.55. The van der Waals surface area contributed by atoms with Crippen molar-refractivity contribution in [1.82, 2.24) is 0 Å². The molecule has 0 aromatic carbocycles. The van der Waals surface area contributed by atoms with Crippen molar-refractivity contribution in [2.75, 3.05) is 7.11 Å². The fourth-order valence-corrected chi connectivity index (χ4v) is 0.706. The topological polar surface area (TPSA) is 34.0 Å². The summed E-state index contributed by atoms with van der Waals surface area (Å²) in [5, 5.41) is 0. The van der Waals surface area contributed by atoms with Crippen molar-refractivity contribution < 1.29 is 4.74 Å². The molecule has 1 rings (SSSR count). The molecular weight excluding hydrogens is 116 g/mol. The minimum atomic E-state index is 0.331. The molecule has 3 nitrogen and oxygen atoms in total. The first-order valence-electron chi connectivity index (χ1n) is 2.95. The first kappa shape index (κ1) is 6.26. The second-order valence-electron chi connectivity index (χ2n) is 2.04. The molecule has 0 saturated carbocycles. The molecule has 0 aromatic rings. The lowest BCUT2D eigenvalue weighted by molar-refractivity contribution is 0.385. The molecule has 0 spiro atoms. The lowest BCUT2D eigenvalue weighted by Gasteiger charge is -2.10. The fourth-order valence-electron chi connectivity index (χ4n) is 0.706. The number of nitrogens with zero attached hydrogens (tertiary/aromatic N) is 2. The molecule has 1 aliphatic rings. The summed E-state index contributed by atoms with van der Waals surface area (Å²) in [6.07, 6.45) is 2.38. The van der Waals surface area contributed by atoms with Gasteiger partial charge < -0.3 is 4.74 Å². The largest absolute Gasteiger partial charge is 0.484 e. The number of methoxy groups -OCH3 is 1. The first-order valence-corrected chi connectivity index (χ1v) is 2.95. The number of ether oxygens (including phenoxy) is 1. The van der Waals surface area contributed by atoms with Crippen LogP contribution in [0.25, 0.3) is 0 Å². The van der Waals surface area contributed by atoms with Crippen molar-refractivity contribution in [2.24, 2.45) is 9.98 Å². The molecule has 1 heterocycles. The van der Waals surface area contributed by atoms with Gasteiger partial charge in [-0.15, -0.1) is 0 Å². The Labute approximate surface area is 54.5 Å². The van der Waals surface area contributed by atoms with Gasteiger partial charge in [-0.1, -0.05) is 0 Å². The van der Waals surface area contributed by atoms with Crippen LogP contribution in [-0.4, -0.2) is 25.4 Å². The summed E-state index contributed by atoms with van der Waals surface area (Å²) in [6.45, 7) is 2.03. The highest BCUT2D eigenvalue weighted by molar-refractivity contribution is 5.86. The van der Waals surface area contributed by atoms with Gasteiger partial charge in [0.15, 0.2) is 5.90 Å². The Hall–Kier alpha value is -0.860. The second-order valence-corrected chi connectivity index (χ2v) is 2.04. The molecule has 0 aliphatic carbocycles. The van der Waals surface area contributed by atoms with Crippen molar-refractivity contribution in [3.63, 3.8) is 0 Å². The maximum Gasteiger partial charge on any atom is 0.191 e. The van der Waals surface area contributed by atoms with E-state index in [0.29, 0.717) is 6.04 Å². The Morgan fingerprint density at radius 2 is 2.56 bits per heavy atom. The lowest BCUT2D eigenvalue weighted by atomic mass is 10.2. The van der Waals surface area contributed by atoms with E-state index in [-0.39, 0.29) is 0 Å². The predicted octanol–water partition coefficient (Wildman–Crippen LogP) is 0.852. The average molecular weight is 126 g/mol. The highest BCUT2D eigenvalue weighted by Crippen LogP contribution is 2.02. The minimum absolute atomic E-state index is 0.331. The van der Waals surface area contributed by atoms with Crippen molar-refractivity contribution >= 4 is 12.2 Å². The van der Waals surface area contributed by atoms with Crippen molar-refractivity contribution in [1.29, 1.82) is 0 Å². The van der Waals surface area contributed by atoms with Crippen molar-refractivity contribution in [3.05, 3.63) is 0 Å². The zero-order valence-electron chi connectivity index (χ0n) is 5.66. The van der Waals surface area contributed by atoms with Gasteiger partial charge in [-0.05, 0) is 6.92 Å². The van der Waals surface area contributed by atoms with Crippen LogP contribution in [0.4, 0.5) is 0 Å². The SMILES string of the molecule is COC1=NC=N[C@@H](C)C1. The number of rotatable bonds is 0. The molecule has 50 valence electrons. The Morgan fingerprint density at radius 3 is 3.00 bits per heavy atom. The van der Waals surface area contributed by atoms with E-state index in [1.165, 1.54) is 0 Å². The van der Waals surface area contributed by atoms with E-state index in [0.717, 1.165) is 12.3 Å². The monoisotopic (exact) mass is 126 g/mol. The van der Waals surface area contributed by atoms with Crippen LogP contribution in [0, 0.1) is 0 Å². The summed E-state index contributed by atoms with van der Waals surface area (Å²) in [6, 6.07) is 0.331. The van der Waals surface area contributed by atoms with Crippen LogP contribution >= 0.6 is 0 Å². The molecule has 0 fully saturated rings. The summed E-state index contributed by atoms with van der Waals surface area (Å²) in [4.78, 5) is 7.94. The highest BCUT2D eigenvalue weighted by Gasteiger charge is 2.07. The van der Waals surface area contributed by atoms with E-state index in [1.54, 1.807) is 13.4 Å². The molecule has 1 aliphatic heterocycles.